The van der Waals surface area contributed by atoms with Gasteiger partial charge < -0.3 is 5.32 Å². The van der Waals surface area contributed by atoms with Crippen molar-refractivity contribution in [3.63, 3.8) is 0 Å². The molecular weight excluding hydrogens is 180 g/mol. The topological polar surface area (TPSA) is 71.4 Å². The first-order chi connectivity index (χ1) is 6.81. The van der Waals surface area contributed by atoms with Crippen LogP contribution in [0, 0.1) is 0 Å². The minimum absolute atomic E-state index is 0.0439. The molecule has 0 radical (unpaired) electrons. The Bertz CT molecular complexity index is 390. The number of aromatic amines is 1. The van der Waals surface area contributed by atoms with E-state index in [0.29, 0.717) is 0 Å². The van der Waals surface area contributed by atoms with Gasteiger partial charge >= 0.3 is 0 Å². The van der Waals surface area contributed by atoms with Crippen molar-refractivity contribution >= 4 is 0 Å². The minimum atomic E-state index is 0.0439. The van der Waals surface area contributed by atoms with E-state index in [2.05, 4.69) is 25.7 Å². The first-order valence-corrected chi connectivity index (χ1v) is 4.33. The quantitative estimate of drug-likeness (QED) is 0.709. The zero-order valence-corrected chi connectivity index (χ0v) is 8.10. The number of aryl methyl sites for hydroxylation is 1. The highest BCUT2D eigenvalue weighted by Crippen LogP contribution is 2.17. The lowest BCUT2D eigenvalue weighted by molar-refractivity contribution is 0.613. The molecule has 0 aliphatic rings. The molecule has 14 heavy (non-hydrogen) atoms. The lowest BCUT2D eigenvalue weighted by Crippen LogP contribution is -2.17. The molecule has 6 nitrogen and oxygen atoms in total. The zero-order chi connectivity index (χ0) is 9.97. The second kappa shape index (κ2) is 3.59. The van der Waals surface area contributed by atoms with E-state index in [0.717, 1.165) is 11.3 Å². The van der Waals surface area contributed by atoms with Crippen molar-refractivity contribution in [1.29, 1.82) is 0 Å². The predicted octanol–water partition coefficient (Wildman–Crippen LogP) is -0.153. The first-order valence-electron chi connectivity index (χ1n) is 4.33. The van der Waals surface area contributed by atoms with E-state index in [9.17, 15) is 0 Å². The Morgan fingerprint density at radius 2 is 2.36 bits per heavy atom. The summed E-state index contributed by atoms with van der Waals surface area (Å²) in [5, 5.41) is 18.1. The standard InChI is InChI=1S/C8H12N6/c1-9-8(6-3-10-11-4-6)7-5-12-14(2)13-7/h3-5,8-9H,1-2H3,(H,10,11). The van der Waals surface area contributed by atoms with Gasteiger partial charge in [-0.1, -0.05) is 0 Å². The summed E-state index contributed by atoms with van der Waals surface area (Å²) in [4.78, 5) is 1.54. The maximum Gasteiger partial charge on any atom is 0.104 e. The molecule has 0 spiro atoms. The van der Waals surface area contributed by atoms with Gasteiger partial charge in [-0.3, -0.25) is 5.10 Å². The molecule has 0 aliphatic heterocycles. The number of hydrogen-bond acceptors (Lipinski definition) is 4. The maximum atomic E-state index is 4.24. The van der Waals surface area contributed by atoms with Crippen molar-refractivity contribution in [2.24, 2.45) is 7.05 Å². The van der Waals surface area contributed by atoms with Gasteiger partial charge in [-0.05, 0) is 7.05 Å². The molecule has 2 N–H and O–H groups in total. The number of aromatic nitrogens is 5. The Hall–Kier alpha value is -1.69. The average Bonchev–Trinajstić information content (AvgIpc) is 2.79. The van der Waals surface area contributed by atoms with Gasteiger partial charge in [0.2, 0.25) is 0 Å². The Kier molecular flexibility index (Phi) is 2.28. The molecule has 2 heterocycles. The number of rotatable bonds is 3. The summed E-state index contributed by atoms with van der Waals surface area (Å²) in [6.07, 6.45) is 5.36. The van der Waals surface area contributed by atoms with Gasteiger partial charge in [-0.25, -0.2) is 0 Å². The van der Waals surface area contributed by atoms with Crippen LogP contribution in [0.2, 0.25) is 0 Å². The third kappa shape index (κ3) is 1.51. The molecular formula is C8H12N6. The van der Waals surface area contributed by atoms with E-state index in [1.165, 1.54) is 0 Å². The lowest BCUT2D eigenvalue weighted by Gasteiger charge is -2.09. The zero-order valence-electron chi connectivity index (χ0n) is 8.10. The SMILES string of the molecule is CNC(c1cn[nH]c1)c1cnn(C)n1. The molecule has 0 fully saturated rings. The number of hydrogen-bond donors (Lipinski definition) is 2. The van der Waals surface area contributed by atoms with Crippen molar-refractivity contribution in [2.45, 2.75) is 6.04 Å². The molecule has 2 aromatic heterocycles. The summed E-state index contributed by atoms with van der Waals surface area (Å²) >= 11 is 0. The Morgan fingerprint density at radius 1 is 1.50 bits per heavy atom. The van der Waals surface area contributed by atoms with Gasteiger partial charge in [0, 0.05) is 18.8 Å². The highest BCUT2D eigenvalue weighted by Gasteiger charge is 2.15. The van der Waals surface area contributed by atoms with Crippen molar-refractivity contribution in [2.75, 3.05) is 7.05 Å². The van der Waals surface area contributed by atoms with Gasteiger partial charge in [0.25, 0.3) is 0 Å². The molecule has 0 bridgehead atoms. The third-order valence-electron chi connectivity index (χ3n) is 2.05. The van der Waals surface area contributed by atoms with E-state index >= 15 is 0 Å². The molecule has 1 atom stereocenters. The van der Waals surface area contributed by atoms with Crippen molar-refractivity contribution < 1.29 is 0 Å². The van der Waals surface area contributed by atoms with Crippen LogP contribution in [0.1, 0.15) is 17.3 Å². The molecule has 0 aromatic carbocycles. The van der Waals surface area contributed by atoms with Gasteiger partial charge in [0.05, 0.1) is 18.4 Å². The second-order valence-electron chi connectivity index (χ2n) is 3.01. The smallest absolute Gasteiger partial charge is 0.104 e. The third-order valence-corrected chi connectivity index (χ3v) is 2.05. The Morgan fingerprint density at radius 3 is 2.86 bits per heavy atom. The van der Waals surface area contributed by atoms with Crippen molar-refractivity contribution in [3.05, 3.63) is 29.8 Å². The molecule has 6 heteroatoms. The van der Waals surface area contributed by atoms with E-state index in [1.807, 2.05) is 13.2 Å². The highest BCUT2D eigenvalue weighted by atomic mass is 15.5. The fraction of sp³-hybridized carbons (Fsp3) is 0.375. The maximum absolute atomic E-state index is 4.24. The van der Waals surface area contributed by atoms with Gasteiger partial charge in [0.1, 0.15) is 5.69 Å². The second-order valence-corrected chi connectivity index (χ2v) is 3.01. The van der Waals surface area contributed by atoms with Crippen molar-refractivity contribution in [1.82, 2.24) is 30.5 Å². The predicted molar refractivity (Wildman–Crippen MR) is 50.5 cm³/mol. The number of H-pyrrole nitrogens is 1. The average molecular weight is 192 g/mol. The van der Waals surface area contributed by atoms with E-state index in [-0.39, 0.29) is 6.04 Å². The molecule has 2 rings (SSSR count). The van der Waals surface area contributed by atoms with Gasteiger partial charge in [-0.15, -0.1) is 0 Å². The van der Waals surface area contributed by atoms with Crippen LogP contribution in [0.4, 0.5) is 0 Å². The molecule has 1 unspecified atom stereocenters. The molecule has 0 aliphatic carbocycles. The summed E-state index contributed by atoms with van der Waals surface area (Å²) in [6.45, 7) is 0. The van der Waals surface area contributed by atoms with Crippen LogP contribution >= 0.6 is 0 Å². The first kappa shape index (κ1) is 8.89. The van der Waals surface area contributed by atoms with Crippen LogP contribution < -0.4 is 5.32 Å². The number of nitrogens with zero attached hydrogens (tertiary/aromatic N) is 4. The minimum Gasteiger partial charge on any atom is -0.308 e. The van der Waals surface area contributed by atoms with Crippen LogP contribution in [-0.4, -0.2) is 32.2 Å². The Labute approximate surface area is 81.3 Å². The molecule has 74 valence electrons. The fourth-order valence-electron chi connectivity index (χ4n) is 1.40. The van der Waals surface area contributed by atoms with Crippen molar-refractivity contribution in [3.8, 4) is 0 Å². The fourth-order valence-corrected chi connectivity index (χ4v) is 1.40. The normalized spacial score (nSPS) is 13.0. The van der Waals surface area contributed by atoms with Crippen LogP contribution in [-0.2, 0) is 7.05 Å². The highest BCUT2D eigenvalue weighted by molar-refractivity contribution is 5.20. The van der Waals surface area contributed by atoms with Gasteiger partial charge in [-0.2, -0.15) is 20.1 Å². The summed E-state index contributed by atoms with van der Waals surface area (Å²) in [5.41, 5.74) is 1.93. The lowest BCUT2D eigenvalue weighted by atomic mass is 10.1. The number of nitrogens with one attached hydrogen (secondary N) is 2. The summed E-state index contributed by atoms with van der Waals surface area (Å²) in [7, 11) is 3.68. The van der Waals surface area contributed by atoms with Crippen LogP contribution in [0.5, 0.6) is 0 Å². The summed E-state index contributed by atoms with van der Waals surface area (Å²) in [6, 6.07) is 0.0439. The van der Waals surface area contributed by atoms with Crippen LogP contribution in [0.3, 0.4) is 0 Å². The largest absolute Gasteiger partial charge is 0.308 e. The Balaban J connectivity index is 2.31. The molecule has 0 saturated heterocycles. The molecule has 0 saturated carbocycles. The van der Waals surface area contributed by atoms with E-state index in [1.54, 1.807) is 24.2 Å². The van der Waals surface area contributed by atoms with Crippen LogP contribution in [0.25, 0.3) is 0 Å². The monoisotopic (exact) mass is 192 g/mol. The summed E-state index contributed by atoms with van der Waals surface area (Å²) in [5.74, 6) is 0. The molecule has 2 aromatic rings. The molecule has 0 amide bonds. The summed E-state index contributed by atoms with van der Waals surface area (Å²) < 4.78 is 0. The van der Waals surface area contributed by atoms with Crippen LogP contribution in [0.15, 0.2) is 18.6 Å². The van der Waals surface area contributed by atoms with Gasteiger partial charge in [0.15, 0.2) is 0 Å². The van der Waals surface area contributed by atoms with E-state index < -0.39 is 0 Å². The van der Waals surface area contributed by atoms with E-state index in [4.69, 9.17) is 0 Å².